The van der Waals surface area contributed by atoms with Crippen LogP contribution in [0, 0.1) is 0 Å². The third-order valence-corrected chi connectivity index (χ3v) is 9.08. The van der Waals surface area contributed by atoms with Crippen molar-refractivity contribution >= 4 is 8.07 Å². The van der Waals surface area contributed by atoms with Crippen LogP contribution in [0.4, 0.5) is 0 Å². The van der Waals surface area contributed by atoms with Crippen LogP contribution in [-0.2, 0) is 9.47 Å². The van der Waals surface area contributed by atoms with Gasteiger partial charge in [0.25, 0.3) is 0 Å². The number of hydrogen-bond donors (Lipinski definition) is 0. The summed E-state index contributed by atoms with van der Waals surface area (Å²) in [5.41, 5.74) is 0.0879. The Morgan fingerprint density at radius 3 is 1.94 bits per heavy atom. The largest absolute Gasteiger partial charge is 0.378 e. The molecule has 2 nitrogen and oxygen atoms in total. The van der Waals surface area contributed by atoms with Gasteiger partial charge in [0.1, 0.15) is 6.10 Å². The van der Waals surface area contributed by atoms with Crippen molar-refractivity contribution in [2.45, 2.75) is 45.9 Å². The van der Waals surface area contributed by atoms with Crippen LogP contribution >= 0.6 is 0 Å². The van der Waals surface area contributed by atoms with E-state index in [1.165, 1.54) is 15.6 Å². The SMILES string of the molecule is C=C(C)[Si](C(=C)C)(C(=C)C)C(OCCC)C1CO1. The lowest BCUT2D eigenvalue weighted by atomic mass is 10.5. The Morgan fingerprint density at radius 1 is 1.22 bits per heavy atom. The van der Waals surface area contributed by atoms with Gasteiger partial charge in [-0.3, -0.25) is 0 Å². The highest BCUT2D eigenvalue weighted by atomic mass is 28.3. The molecule has 1 saturated heterocycles. The molecule has 0 aromatic carbocycles. The molecule has 3 heteroatoms. The minimum absolute atomic E-state index is 0.0879. The molecule has 0 spiro atoms. The molecule has 1 aliphatic heterocycles. The lowest BCUT2D eigenvalue weighted by Crippen LogP contribution is -2.55. The first-order chi connectivity index (χ1) is 8.38. The molecule has 0 bridgehead atoms. The second-order valence-corrected chi connectivity index (χ2v) is 10.1. The van der Waals surface area contributed by atoms with E-state index in [9.17, 15) is 0 Å². The molecular formula is C15H26O2Si. The molecule has 2 unspecified atom stereocenters. The maximum Gasteiger partial charge on any atom is 0.168 e. The third kappa shape index (κ3) is 2.68. The zero-order valence-electron chi connectivity index (χ0n) is 12.2. The molecular weight excluding hydrogens is 240 g/mol. The van der Waals surface area contributed by atoms with Crippen molar-refractivity contribution in [1.29, 1.82) is 0 Å². The molecule has 1 fully saturated rings. The van der Waals surface area contributed by atoms with Gasteiger partial charge >= 0.3 is 0 Å². The summed E-state index contributed by atoms with van der Waals surface area (Å²) in [6.07, 6.45) is 1.21. The van der Waals surface area contributed by atoms with Gasteiger partial charge in [0, 0.05) is 6.61 Å². The fraction of sp³-hybridized carbons (Fsp3) is 0.600. The molecule has 0 aliphatic carbocycles. The summed E-state index contributed by atoms with van der Waals surface area (Å²) in [4.78, 5) is 0. The lowest BCUT2D eigenvalue weighted by Gasteiger charge is -2.40. The van der Waals surface area contributed by atoms with Crippen molar-refractivity contribution in [3.63, 3.8) is 0 Å². The molecule has 18 heavy (non-hydrogen) atoms. The lowest BCUT2D eigenvalue weighted by molar-refractivity contribution is 0.0803. The highest BCUT2D eigenvalue weighted by Crippen LogP contribution is 2.38. The summed E-state index contributed by atoms with van der Waals surface area (Å²) in [7, 11) is -2.13. The molecule has 102 valence electrons. The molecule has 1 rings (SSSR count). The number of ether oxygens (including phenoxy) is 2. The van der Waals surface area contributed by atoms with E-state index in [2.05, 4.69) is 47.4 Å². The van der Waals surface area contributed by atoms with E-state index in [-0.39, 0.29) is 11.8 Å². The molecule has 0 saturated carbocycles. The number of rotatable bonds is 8. The van der Waals surface area contributed by atoms with Crippen LogP contribution < -0.4 is 0 Å². The molecule has 0 aromatic rings. The van der Waals surface area contributed by atoms with E-state index in [1.54, 1.807) is 0 Å². The van der Waals surface area contributed by atoms with Crippen LogP contribution in [0.2, 0.25) is 0 Å². The maximum absolute atomic E-state index is 6.12. The van der Waals surface area contributed by atoms with Crippen molar-refractivity contribution in [3.05, 3.63) is 35.3 Å². The van der Waals surface area contributed by atoms with Gasteiger partial charge in [-0.25, -0.2) is 0 Å². The van der Waals surface area contributed by atoms with E-state index in [4.69, 9.17) is 9.47 Å². The zero-order valence-corrected chi connectivity index (χ0v) is 13.2. The van der Waals surface area contributed by atoms with Crippen molar-refractivity contribution in [2.24, 2.45) is 0 Å². The minimum atomic E-state index is -2.13. The predicted molar refractivity (Wildman–Crippen MR) is 80.0 cm³/mol. The first kappa shape index (κ1) is 15.4. The summed E-state index contributed by atoms with van der Waals surface area (Å²) in [5, 5.41) is 3.50. The smallest absolute Gasteiger partial charge is 0.168 e. The Hall–Kier alpha value is -0.643. The number of hydrogen-bond acceptors (Lipinski definition) is 2. The average molecular weight is 266 g/mol. The van der Waals surface area contributed by atoms with Crippen LogP contribution in [-0.4, -0.2) is 33.1 Å². The highest BCUT2D eigenvalue weighted by molar-refractivity contribution is 6.99. The Morgan fingerprint density at radius 2 is 1.67 bits per heavy atom. The summed E-state index contributed by atoms with van der Waals surface area (Å²) < 4.78 is 11.6. The number of allylic oxidation sites excluding steroid dienone is 3. The summed E-state index contributed by atoms with van der Waals surface area (Å²) >= 11 is 0. The second kappa shape index (κ2) is 6.00. The van der Waals surface area contributed by atoms with Crippen LogP contribution in [0.1, 0.15) is 34.1 Å². The number of epoxide rings is 1. The highest BCUT2D eigenvalue weighted by Gasteiger charge is 2.52. The van der Waals surface area contributed by atoms with Gasteiger partial charge in [-0.15, -0.1) is 19.7 Å². The predicted octanol–water partition coefficient (Wildman–Crippen LogP) is 3.51. The van der Waals surface area contributed by atoms with Gasteiger partial charge in [-0.1, -0.05) is 22.5 Å². The van der Waals surface area contributed by atoms with Gasteiger partial charge in [0.2, 0.25) is 0 Å². The van der Waals surface area contributed by atoms with Gasteiger partial charge in [-0.2, -0.15) is 0 Å². The molecule has 0 aromatic heterocycles. The van der Waals surface area contributed by atoms with Gasteiger partial charge in [0.05, 0.1) is 12.3 Å². The standard InChI is InChI=1S/C15H26O2Si/c1-8-9-16-15(14-10-17-14)18(11(2)3,12(4)5)13(6)7/h14-15H,2,4,6,8-10H2,1,3,5,7H3. The van der Waals surface area contributed by atoms with E-state index in [1.807, 2.05) is 0 Å². The molecule has 0 radical (unpaired) electrons. The van der Waals surface area contributed by atoms with Crippen molar-refractivity contribution in [1.82, 2.24) is 0 Å². The van der Waals surface area contributed by atoms with Gasteiger partial charge in [0.15, 0.2) is 8.07 Å². The monoisotopic (exact) mass is 266 g/mol. The Kier molecular flexibility index (Phi) is 5.14. The van der Waals surface area contributed by atoms with Crippen molar-refractivity contribution in [2.75, 3.05) is 13.2 Å². The van der Waals surface area contributed by atoms with Gasteiger partial charge in [-0.05, 0) is 27.2 Å². The van der Waals surface area contributed by atoms with Crippen molar-refractivity contribution in [3.8, 4) is 0 Å². The van der Waals surface area contributed by atoms with Crippen LogP contribution in [0.25, 0.3) is 0 Å². The Balaban J connectivity index is 3.15. The Bertz CT molecular complexity index is 319. The second-order valence-electron chi connectivity index (χ2n) is 5.31. The summed E-state index contributed by atoms with van der Waals surface area (Å²) in [6.45, 7) is 22.6. The topological polar surface area (TPSA) is 21.8 Å². The molecule has 0 N–H and O–H groups in total. The first-order valence-electron chi connectivity index (χ1n) is 6.60. The van der Waals surface area contributed by atoms with Crippen LogP contribution in [0.3, 0.4) is 0 Å². The van der Waals surface area contributed by atoms with Crippen LogP contribution in [0.15, 0.2) is 35.3 Å². The molecule has 1 heterocycles. The summed E-state index contributed by atoms with van der Waals surface area (Å²) in [6, 6.07) is 0. The van der Waals surface area contributed by atoms with Crippen LogP contribution in [0.5, 0.6) is 0 Å². The fourth-order valence-electron chi connectivity index (χ4n) is 2.81. The summed E-state index contributed by atoms with van der Waals surface area (Å²) in [5.74, 6) is 0. The first-order valence-corrected chi connectivity index (χ1v) is 8.67. The van der Waals surface area contributed by atoms with E-state index >= 15 is 0 Å². The zero-order chi connectivity index (χ0) is 13.9. The van der Waals surface area contributed by atoms with E-state index < -0.39 is 8.07 Å². The minimum Gasteiger partial charge on any atom is -0.378 e. The average Bonchev–Trinajstić information content (AvgIpc) is 3.05. The normalized spacial score (nSPS) is 20.3. The van der Waals surface area contributed by atoms with E-state index in [0.717, 1.165) is 19.6 Å². The fourth-order valence-corrected chi connectivity index (χ4v) is 7.57. The Labute approximate surface area is 112 Å². The van der Waals surface area contributed by atoms with Gasteiger partial charge < -0.3 is 9.47 Å². The maximum atomic E-state index is 6.12. The molecule has 2 atom stereocenters. The molecule has 0 amide bonds. The quantitative estimate of drug-likeness (QED) is 0.495. The third-order valence-electron chi connectivity index (χ3n) is 3.64. The van der Waals surface area contributed by atoms with E-state index in [0.29, 0.717) is 0 Å². The van der Waals surface area contributed by atoms with Crippen molar-refractivity contribution < 1.29 is 9.47 Å². The molecule has 1 aliphatic rings.